The average molecular weight is 633 g/mol. The number of aromatic nitrogens is 1. The normalized spacial score (nSPS) is 13.0. The van der Waals surface area contributed by atoms with Crippen LogP contribution in [-0.4, -0.2) is 57.2 Å². The highest BCUT2D eigenvalue weighted by atomic mass is 32.2. The Hall–Kier alpha value is -5.30. The minimum absolute atomic E-state index is 0.0195. The molecule has 1 aliphatic heterocycles. The van der Waals surface area contributed by atoms with Crippen molar-refractivity contribution in [3.05, 3.63) is 101 Å². The number of halogens is 2. The highest BCUT2D eigenvalue weighted by Gasteiger charge is 2.30. The van der Waals surface area contributed by atoms with Crippen LogP contribution in [0, 0.1) is 11.6 Å². The fraction of sp³-hybridized carbons (Fsp3) is 0.156. The minimum Gasteiger partial charge on any atom is -0.471 e. The zero-order valence-corrected chi connectivity index (χ0v) is 25.1. The van der Waals surface area contributed by atoms with E-state index in [1.807, 2.05) is 0 Å². The van der Waals surface area contributed by atoms with Crippen molar-refractivity contribution in [3.63, 3.8) is 0 Å². The van der Waals surface area contributed by atoms with Gasteiger partial charge in [-0.05, 0) is 60.2 Å². The number of ether oxygens (including phenoxy) is 1. The summed E-state index contributed by atoms with van der Waals surface area (Å²) in [6, 6.07) is 17.5. The number of nitrogens with one attached hydrogen (secondary N) is 1. The van der Waals surface area contributed by atoms with Crippen LogP contribution in [0.3, 0.4) is 0 Å². The Balaban J connectivity index is 1.52. The molecule has 10 nitrogen and oxygen atoms in total. The van der Waals surface area contributed by atoms with Crippen LogP contribution in [0.1, 0.15) is 26.4 Å². The Morgan fingerprint density at radius 1 is 1.04 bits per heavy atom. The molecule has 0 unspecified atom stereocenters. The number of carbonyl (C=O) groups is 2. The molecule has 45 heavy (non-hydrogen) atoms. The number of rotatable bonds is 7. The second-order valence-corrected chi connectivity index (χ2v) is 12.5. The van der Waals surface area contributed by atoms with Crippen LogP contribution in [0.15, 0.2) is 77.2 Å². The second kappa shape index (κ2) is 11.3. The Morgan fingerprint density at radius 2 is 1.80 bits per heavy atom. The second-order valence-electron chi connectivity index (χ2n) is 10.4. The van der Waals surface area contributed by atoms with Crippen molar-refractivity contribution in [3.8, 4) is 28.3 Å². The molecule has 1 aliphatic rings. The van der Waals surface area contributed by atoms with E-state index in [0.29, 0.717) is 16.5 Å². The molecule has 13 heteroatoms. The molecule has 3 heterocycles. The average Bonchev–Trinajstić information content (AvgIpc) is 3.39. The molecule has 0 saturated heterocycles. The number of furan rings is 1. The quantitative estimate of drug-likeness (QED) is 0.262. The molecule has 2 aromatic heterocycles. The fourth-order valence-electron chi connectivity index (χ4n) is 5.13. The Bertz CT molecular complexity index is 2100. The molecule has 3 aromatic carbocycles. The van der Waals surface area contributed by atoms with E-state index in [-0.39, 0.29) is 58.6 Å². The molecule has 0 atom stereocenters. The number of sulfonamides is 1. The fourth-order valence-corrected chi connectivity index (χ4v) is 5.63. The monoisotopic (exact) mass is 632 g/mol. The van der Waals surface area contributed by atoms with Crippen LogP contribution >= 0.6 is 0 Å². The lowest BCUT2D eigenvalue weighted by atomic mass is 10.0. The maximum atomic E-state index is 13.8. The van der Waals surface area contributed by atoms with E-state index in [1.165, 1.54) is 61.5 Å². The summed E-state index contributed by atoms with van der Waals surface area (Å²) in [7, 11) is -0.988. The van der Waals surface area contributed by atoms with Crippen molar-refractivity contribution in [2.75, 3.05) is 31.4 Å². The summed E-state index contributed by atoms with van der Waals surface area (Å²) in [4.78, 5) is 32.7. The predicted octanol–water partition coefficient (Wildman–Crippen LogP) is 5.19. The highest BCUT2D eigenvalue weighted by molar-refractivity contribution is 7.92. The van der Waals surface area contributed by atoms with Gasteiger partial charge >= 0.3 is 0 Å². The maximum Gasteiger partial charge on any atom is 0.279 e. The van der Waals surface area contributed by atoms with Gasteiger partial charge in [-0.15, -0.1) is 0 Å². The first-order valence-corrected chi connectivity index (χ1v) is 15.5. The lowest BCUT2D eigenvalue weighted by molar-refractivity contribution is 0.0488. The summed E-state index contributed by atoms with van der Waals surface area (Å²) >= 11 is 0. The summed E-state index contributed by atoms with van der Waals surface area (Å²) in [5.74, 6) is -1.47. The van der Waals surface area contributed by atoms with Gasteiger partial charge in [0.2, 0.25) is 10.0 Å². The molecule has 5 aromatic rings. The third-order valence-corrected chi connectivity index (χ3v) is 8.66. The van der Waals surface area contributed by atoms with Crippen molar-refractivity contribution in [1.82, 2.24) is 15.2 Å². The molecule has 0 saturated carbocycles. The van der Waals surface area contributed by atoms with E-state index in [9.17, 15) is 26.8 Å². The molecule has 0 radical (unpaired) electrons. The van der Waals surface area contributed by atoms with Crippen molar-refractivity contribution >= 4 is 38.5 Å². The summed E-state index contributed by atoms with van der Waals surface area (Å²) in [5, 5.41) is 2.93. The highest BCUT2D eigenvalue weighted by Crippen LogP contribution is 2.41. The van der Waals surface area contributed by atoms with Crippen molar-refractivity contribution in [2.24, 2.45) is 0 Å². The molecule has 0 spiro atoms. The predicted molar refractivity (Wildman–Crippen MR) is 163 cm³/mol. The van der Waals surface area contributed by atoms with Gasteiger partial charge in [-0.2, -0.15) is 0 Å². The topological polar surface area (TPSA) is 122 Å². The van der Waals surface area contributed by atoms with Crippen molar-refractivity contribution in [1.29, 1.82) is 0 Å². The smallest absolute Gasteiger partial charge is 0.279 e. The summed E-state index contributed by atoms with van der Waals surface area (Å²) < 4.78 is 65.8. The van der Waals surface area contributed by atoms with E-state index in [2.05, 4.69) is 10.3 Å². The van der Waals surface area contributed by atoms with Crippen LogP contribution in [0.2, 0.25) is 0 Å². The van der Waals surface area contributed by atoms with Gasteiger partial charge in [-0.1, -0.05) is 12.1 Å². The molecule has 0 fully saturated rings. The number of anilines is 1. The van der Waals surface area contributed by atoms with Crippen LogP contribution in [-0.2, 0) is 16.6 Å². The van der Waals surface area contributed by atoms with Gasteiger partial charge in [-0.3, -0.25) is 18.8 Å². The lowest BCUT2D eigenvalue weighted by Crippen LogP contribution is -2.38. The standard InChI is InChI=1S/C32H26F2N4O6S/c1-35-31(39)28-23-14-22(25(37(2)45(3,41)42)15-27(23)44-30(28)19-7-9-20(33)10-8-19)24-11-12-26-29(36-24)32(40)38(17-43-26)16-18-5-4-6-21(34)13-18/h4-15H,16-17H2,1-3H3,(H,35,39). The van der Waals surface area contributed by atoms with E-state index >= 15 is 0 Å². The molecule has 230 valence electrons. The zero-order valence-electron chi connectivity index (χ0n) is 24.3. The van der Waals surface area contributed by atoms with Crippen molar-refractivity contribution < 1.29 is 35.9 Å². The van der Waals surface area contributed by atoms with Crippen LogP contribution in [0.25, 0.3) is 33.6 Å². The number of hydrogen-bond donors (Lipinski definition) is 1. The molecule has 0 bridgehead atoms. The third-order valence-electron chi connectivity index (χ3n) is 7.47. The van der Waals surface area contributed by atoms with E-state index < -0.39 is 33.5 Å². The van der Waals surface area contributed by atoms with E-state index in [0.717, 1.165) is 10.6 Å². The maximum absolute atomic E-state index is 13.8. The molecular formula is C32H26F2N4O6S. The van der Waals surface area contributed by atoms with Crippen LogP contribution in [0.5, 0.6) is 5.75 Å². The summed E-state index contributed by atoms with van der Waals surface area (Å²) in [5.41, 5.74) is 1.98. The van der Waals surface area contributed by atoms with Crippen LogP contribution < -0.4 is 14.4 Å². The summed E-state index contributed by atoms with van der Waals surface area (Å²) in [6.45, 7) is 0.000702. The summed E-state index contributed by atoms with van der Waals surface area (Å²) in [6.07, 6.45) is 1.03. The minimum atomic E-state index is -3.80. The molecule has 6 rings (SSSR count). The first kappa shape index (κ1) is 29.8. The number of amides is 2. The molecule has 1 N–H and O–H groups in total. The number of fused-ring (bicyclic) bond motifs is 2. The lowest BCUT2D eigenvalue weighted by Gasteiger charge is -2.28. The number of carbonyl (C=O) groups excluding carboxylic acids is 2. The largest absolute Gasteiger partial charge is 0.471 e. The zero-order chi connectivity index (χ0) is 32.0. The molecule has 2 amide bonds. The van der Waals surface area contributed by atoms with Gasteiger partial charge in [-0.25, -0.2) is 22.2 Å². The number of pyridine rings is 1. The molecule has 0 aliphatic carbocycles. The van der Waals surface area contributed by atoms with Gasteiger partial charge < -0.3 is 14.5 Å². The number of hydrogen-bond acceptors (Lipinski definition) is 7. The Kier molecular flexibility index (Phi) is 7.49. The van der Waals surface area contributed by atoms with Gasteiger partial charge in [0, 0.05) is 43.2 Å². The first-order valence-electron chi connectivity index (χ1n) is 13.6. The van der Waals surface area contributed by atoms with Gasteiger partial charge in [0.15, 0.2) is 18.2 Å². The van der Waals surface area contributed by atoms with E-state index in [4.69, 9.17) is 9.15 Å². The van der Waals surface area contributed by atoms with E-state index in [1.54, 1.807) is 30.3 Å². The Labute approximate surface area is 256 Å². The number of benzene rings is 3. The Morgan fingerprint density at radius 3 is 2.49 bits per heavy atom. The first-order chi connectivity index (χ1) is 21.4. The van der Waals surface area contributed by atoms with Crippen LogP contribution in [0.4, 0.5) is 14.5 Å². The van der Waals surface area contributed by atoms with Gasteiger partial charge in [0.25, 0.3) is 11.8 Å². The SMILES string of the molecule is CNC(=O)c1c(-c2ccc(F)cc2)oc2cc(N(C)S(C)(=O)=O)c(-c3ccc4c(n3)C(=O)N(Cc3cccc(F)c3)CO4)cc12. The molecular weight excluding hydrogens is 606 g/mol. The van der Waals surface area contributed by atoms with Gasteiger partial charge in [0.05, 0.1) is 23.2 Å². The third kappa shape index (κ3) is 5.57. The number of nitrogens with zero attached hydrogens (tertiary/aromatic N) is 3. The van der Waals surface area contributed by atoms with Gasteiger partial charge in [0.1, 0.15) is 23.0 Å². The van der Waals surface area contributed by atoms with Crippen molar-refractivity contribution in [2.45, 2.75) is 6.54 Å².